The highest BCUT2D eigenvalue weighted by molar-refractivity contribution is 7.14. The van der Waals surface area contributed by atoms with Crippen molar-refractivity contribution in [3.05, 3.63) is 23.0 Å². The third-order valence-electron chi connectivity index (χ3n) is 3.17. The standard InChI is InChI=1S/C14H21N5OS/c1-5-12-13(8-18(4)17-12)15-7-11-9-21-14(16-11)19(6-2)10(3)20/h8-9,15H,5-7H2,1-4H3. The van der Waals surface area contributed by atoms with Crippen LogP contribution in [0, 0.1) is 0 Å². The predicted molar refractivity (Wildman–Crippen MR) is 85.7 cm³/mol. The van der Waals surface area contributed by atoms with Gasteiger partial charge in [0.25, 0.3) is 0 Å². The van der Waals surface area contributed by atoms with Crippen LogP contribution in [-0.4, -0.2) is 27.2 Å². The van der Waals surface area contributed by atoms with Crippen LogP contribution in [0.2, 0.25) is 0 Å². The first-order valence-electron chi connectivity index (χ1n) is 7.04. The summed E-state index contributed by atoms with van der Waals surface area (Å²) in [6, 6.07) is 0. The molecule has 0 bridgehead atoms. The van der Waals surface area contributed by atoms with E-state index in [1.54, 1.807) is 11.8 Å². The van der Waals surface area contributed by atoms with E-state index in [1.807, 2.05) is 30.2 Å². The van der Waals surface area contributed by atoms with E-state index >= 15 is 0 Å². The molecule has 0 radical (unpaired) electrons. The average Bonchev–Trinajstić information content (AvgIpc) is 3.03. The molecule has 0 atom stereocenters. The highest BCUT2D eigenvalue weighted by Crippen LogP contribution is 2.22. The number of hydrogen-bond acceptors (Lipinski definition) is 5. The van der Waals surface area contributed by atoms with Crippen molar-refractivity contribution >= 4 is 28.1 Å². The van der Waals surface area contributed by atoms with E-state index in [0.717, 1.165) is 28.6 Å². The summed E-state index contributed by atoms with van der Waals surface area (Å²) in [5.41, 5.74) is 3.01. The lowest BCUT2D eigenvalue weighted by atomic mass is 10.3. The number of rotatable bonds is 6. The van der Waals surface area contributed by atoms with Gasteiger partial charge in [-0.2, -0.15) is 5.10 Å². The van der Waals surface area contributed by atoms with Gasteiger partial charge >= 0.3 is 0 Å². The van der Waals surface area contributed by atoms with Crippen molar-refractivity contribution in [2.75, 3.05) is 16.8 Å². The summed E-state index contributed by atoms with van der Waals surface area (Å²) in [5.74, 6) is 0.0203. The minimum absolute atomic E-state index is 0.0203. The second kappa shape index (κ2) is 6.71. The molecule has 21 heavy (non-hydrogen) atoms. The molecule has 0 spiro atoms. The van der Waals surface area contributed by atoms with Gasteiger partial charge < -0.3 is 5.32 Å². The summed E-state index contributed by atoms with van der Waals surface area (Å²) >= 11 is 1.49. The predicted octanol–water partition coefficient (Wildman–Crippen LogP) is 2.42. The molecule has 1 N–H and O–H groups in total. The molecule has 0 saturated carbocycles. The molecule has 0 aromatic carbocycles. The maximum atomic E-state index is 11.5. The maximum Gasteiger partial charge on any atom is 0.225 e. The van der Waals surface area contributed by atoms with Gasteiger partial charge in [-0.25, -0.2) is 4.98 Å². The molecule has 2 heterocycles. The Kier molecular flexibility index (Phi) is 4.95. The first-order chi connectivity index (χ1) is 10.0. The van der Waals surface area contributed by atoms with Gasteiger partial charge in [0.05, 0.1) is 23.6 Å². The fourth-order valence-electron chi connectivity index (χ4n) is 2.12. The zero-order chi connectivity index (χ0) is 15.4. The van der Waals surface area contributed by atoms with E-state index in [2.05, 4.69) is 22.3 Å². The van der Waals surface area contributed by atoms with Crippen molar-refractivity contribution in [2.24, 2.45) is 7.05 Å². The van der Waals surface area contributed by atoms with Crippen molar-refractivity contribution in [3.8, 4) is 0 Å². The Bertz CT molecular complexity index is 619. The zero-order valence-corrected chi connectivity index (χ0v) is 13.7. The number of nitrogens with zero attached hydrogens (tertiary/aromatic N) is 4. The molecular formula is C14H21N5OS. The van der Waals surface area contributed by atoms with Gasteiger partial charge in [0.1, 0.15) is 0 Å². The second-order valence-electron chi connectivity index (χ2n) is 4.75. The monoisotopic (exact) mass is 307 g/mol. The summed E-state index contributed by atoms with van der Waals surface area (Å²) in [4.78, 5) is 17.7. The maximum absolute atomic E-state index is 11.5. The van der Waals surface area contributed by atoms with Gasteiger partial charge in [-0.3, -0.25) is 14.4 Å². The molecule has 6 nitrogen and oxygen atoms in total. The van der Waals surface area contributed by atoms with E-state index in [-0.39, 0.29) is 5.91 Å². The van der Waals surface area contributed by atoms with Gasteiger partial charge in [-0.1, -0.05) is 6.92 Å². The van der Waals surface area contributed by atoms with Crippen LogP contribution in [0.4, 0.5) is 10.8 Å². The van der Waals surface area contributed by atoms with Crippen molar-refractivity contribution < 1.29 is 4.79 Å². The number of anilines is 2. The largest absolute Gasteiger partial charge is 0.377 e. The van der Waals surface area contributed by atoms with Crippen LogP contribution in [0.5, 0.6) is 0 Å². The molecule has 2 rings (SSSR count). The van der Waals surface area contributed by atoms with Crippen molar-refractivity contribution in [3.63, 3.8) is 0 Å². The molecule has 2 aromatic rings. The third-order valence-corrected chi connectivity index (χ3v) is 4.08. The minimum atomic E-state index is 0.0203. The van der Waals surface area contributed by atoms with Crippen LogP contribution in [0.1, 0.15) is 32.2 Å². The SMILES string of the molecule is CCc1nn(C)cc1NCc1csc(N(CC)C(C)=O)n1. The number of hydrogen-bond donors (Lipinski definition) is 1. The molecular weight excluding hydrogens is 286 g/mol. The van der Waals surface area contributed by atoms with Crippen molar-refractivity contribution in [1.82, 2.24) is 14.8 Å². The van der Waals surface area contributed by atoms with Gasteiger partial charge in [0.15, 0.2) is 5.13 Å². The van der Waals surface area contributed by atoms with E-state index in [4.69, 9.17) is 0 Å². The van der Waals surface area contributed by atoms with Gasteiger partial charge in [-0.15, -0.1) is 11.3 Å². The average molecular weight is 307 g/mol. The number of carbonyl (C=O) groups excluding carboxylic acids is 1. The molecule has 2 aromatic heterocycles. The van der Waals surface area contributed by atoms with Crippen LogP contribution in [0.15, 0.2) is 11.6 Å². The number of carbonyl (C=O) groups is 1. The van der Waals surface area contributed by atoms with E-state index in [0.29, 0.717) is 13.1 Å². The molecule has 1 amide bonds. The fraction of sp³-hybridized carbons (Fsp3) is 0.500. The number of thiazole rings is 1. The lowest BCUT2D eigenvalue weighted by Crippen LogP contribution is -2.27. The van der Waals surface area contributed by atoms with E-state index < -0.39 is 0 Å². The van der Waals surface area contributed by atoms with Crippen molar-refractivity contribution in [1.29, 1.82) is 0 Å². The van der Waals surface area contributed by atoms with Crippen LogP contribution >= 0.6 is 11.3 Å². The van der Waals surface area contributed by atoms with E-state index in [1.165, 1.54) is 11.3 Å². The van der Waals surface area contributed by atoms with Gasteiger partial charge in [0.2, 0.25) is 5.91 Å². The van der Waals surface area contributed by atoms with Crippen molar-refractivity contribution in [2.45, 2.75) is 33.7 Å². The Morgan fingerprint density at radius 2 is 2.24 bits per heavy atom. The molecule has 0 aliphatic rings. The molecule has 0 saturated heterocycles. The fourth-order valence-corrected chi connectivity index (χ4v) is 3.06. The number of aromatic nitrogens is 3. The lowest BCUT2D eigenvalue weighted by molar-refractivity contribution is -0.116. The zero-order valence-electron chi connectivity index (χ0n) is 12.9. The Morgan fingerprint density at radius 1 is 1.48 bits per heavy atom. The van der Waals surface area contributed by atoms with Crippen LogP contribution < -0.4 is 10.2 Å². The Morgan fingerprint density at radius 3 is 2.86 bits per heavy atom. The summed E-state index contributed by atoms with van der Waals surface area (Å²) in [6.07, 6.45) is 2.86. The molecule has 0 unspecified atom stereocenters. The summed E-state index contributed by atoms with van der Waals surface area (Å²) in [6.45, 7) is 6.86. The second-order valence-corrected chi connectivity index (χ2v) is 5.59. The highest BCUT2D eigenvalue weighted by atomic mass is 32.1. The van der Waals surface area contributed by atoms with E-state index in [9.17, 15) is 4.79 Å². The van der Waals surface area contributed by atoms with Gasteiger partial charge in [-0.05, 0) is 13.3 Å². The summed E-state index contributed by atoms with van der Waals surface area (Å²) in [5, 5.41) is 10.5. The van der Waals surface area contributed by atoms with Crippen LogP contribution in [0.25, 0.3) is 0 Å². The molecule has 114 valence electrons. The Balaban J connectivity index is 2.04. The summed E-state index contributed by atoms with van der Waals surface area (Å²) in [7, 11) is 1.91. The Labute approximate surface area is 128 Å². The lowest BCUT2D eigenvalue weighted by Gasteiger charge is -2.14. The van der Waals surface area contributed by atoms with Crippen LogP contribution in [0.3, 0.4) is 0 Å². The first kappa shape index (κ1) is 15.5. The molecule has 7 heteroatoms. The molecule has 0 aliphatic heterocycles. The topological polar surface area (TPSA) is 63.1 Å². The molecule has 0 aliphatic carbocycles. The Hall–Kier alpha value is -1.89. The number of aryl methyl sites for hydroxylation is 2. The first-order valence-corrected chi connectivity index (χ1v) is 7.92. The third kappa shape index (κ3) is 3.60. The quantitative estimate of drug-likeness (QED) is 0.890. The smallest absolute Gasteiger partial charge is 0.225 e. The summed E-state index contributed by atoms with van der Waals surface area (Å²) < 4.78 is 1.81. The van der Waals surface area contributed by atoms with Crippen LogP contribution in [-0.2, 0) is 24.8 Å². The normalized spacial score (nSPS) is 10.7. The number of nitrogens with one attached hydrogen (secondary N) is 1. The minimum Gasteiger partial charge on any atom is -0.377 e. The number of amides is 1. The molecule has 0 fully saturated rings. The highest BCUT2D eigenvalue weighted by Gasteiger charge is 2.13. The van der Waals surface area contributed by atoms with Gasteiger partial charge in [0, 0.05) is 32.1 Å².